The van der Waals surface area contributed by atoms with Crippen LogP contribution in [0, 0.1) is 0 Å². The van der Waals surface area contributed by atoms with E-state index in [2.05, 4.69) is 5.32 Å². The number of halogens is 2. The number of carbonyl (C=O) groups excluding carboxylic acids is 1. The van der Waals surface area contributed by atoms with Crippen LogP contribution in [0.1, 0.15) is 18.4 Å². The van der Waals surface area contributed by atoms with Crippen molar-refractivity contribution >= 4 is 44.8 Å². The first-order chi connectivity index (χ1) is 13.2. The molecule has 0 aliphatic heterocycles. The van der Waals surface area contributed by atoms with Crippen molar-refractivity contribution in [1.82, 2.24) is 5.32 Å². The summed E-state index contributed by atoms with van der Waals surface area (Å²) in [5.41, 5.74) is 1.24. The topological polar surface area (TPSA) is 75.7 Å². The first-order valence-corrected chi connectivity index (χ1v) is 11.1. The molecule has 2 aromatic carbocycles. The summed E-state index contributed by atoms with van der Waals surface area (Å²) in [5.74, 6) is 0.277. The van der Waals surface area contributed by atoms with E-state index in [0.717, 1.165) is 11.8 Å². The highest BCUT2D eigenvalue weighted by Crippen LogP contribution is 2.30. The van der Waals surface area contributed by atoms with Crippen molar-refractivity contribution in [1.29, 1.82) is 0 Å². The highest BCUT2D eigenvalue weighted by Gasteiger charge is 2.19. The van der Waals surface area contributed by atoms with Crippen LogP contribution in [-0.2, 0) is 21.4 Å². The molecule has 1 amide bonds. The number of amides is 1. The van der Waals surface area contributed by atoms with Gasteiger partial charge in [0.05, 0.1) is 24.1 Å². The lowest BCUT2D eigenvalue weighted by Crippen LogP contribution is -2.32. The Morgan fingerprint density at radius 3 is 2.46 bits per heavy atom. The summed E-state index contributed by atoms with van der Waals surface area (Å²) in [4.78, 5) is 12.1. The molecule has 0 aliphatic rings. The van der Waals surface area contributed by atoms with E-state index in [0.29, 0.717) is 34.4 Å². The lowest BCUT2D eigenvalue weighted by molar-refractivity contribution is -0.121. The number of sulfonamides is 1. The molecule has 1 N–H and O–H groups in total. The highest BCUT2D eigenvalue weighted by atomic mass is 35.5. The number of anilines is 1. The third-order valence-corrected chi connectivity index (χ3v) is 5.88. The van der Waals surface area contributed by atoms with Gasteiger partial charge in [-0.3, -0.25) is 9.10 Å². The number of hydrogen-bond acceptors (Lipinski definition) is 4. The molecule has 2 aromatic rings. The summed E-state index contributed by atoms with van der Waals surface area (Å²) < 4.78 is 30.6. The Labute approximate surface area is 175 Å². The van der Waals surface area contributed by atoms with Gasteiger partial charge in [0.25, 0.3) is 0 Å². The summed E-state index contributed by atoms with van der Waals surface area (Å²) >= 11 is 12.2. The quantitative estimate of drug-likeness (QED) is 0.636. The molecule has 0 fully saturated rings. The average Bonchev–Trinajstić information content (AvgIpc) is 2.63. The molecule has 28 heavy (non-hydrogen) atoms. The van der Waals surface area contributed by atoms with Crippen molar-refractivity contribution in [3.63, 3.8) is 0 Å². The van der Waals surface area contributed by atoms with Crippen molar-refractivity contribution in [2.75, 3.05) is 24.2 Å². The molecule has 0 saturated carbocycles. The van der Waals surface area contributed by atoms with Gasteiger partial charge in [0, 0.05) is 24.5 Å². The second kappa shape index (κ2) is 10.0. The van der Waals surface area contributed by atoms with Gasteiger partial charge in [-0.15, -0.1) is 0 Å². The second-order valence-corrected chi connectivity index (χ2v) is 8.85. The Balaban J connectivity index is 1.94. The van der Waals surface area contributed by atoms with E-state index < -0.39 is 10.0 Å². The van der Waals surface area contributed by atoms with Gasteiger partial charge < -0.3 is 10.1 Å². The number of nitrogens with one attached hydrogen (secondary N) is 1. The van der Waals surface area contributed by atoms with E-state index in [1.807, 2.05) is 18.2 Å². The highest BCUT2D eigenvalue weighted by molar-refractivity contribution is 7.92. The van der Waals surface area contributed by atoms with E-state index in [4.69, 9.17) is 27.9 Å². The Kier molecular flexibility index (Phi) is 7.98. The molecule has 0 heterocycles. The Hall–Kier alpha value is -1.96. The van der Waals surface area contributed by atoms with Crippen LogP contribution in [0.2, 0.25) is 10.0 Å². The Morgan fingerprint density at radius 2 is 1.86 bits per heavy atom. The molecule has 0 unspecified atom stereocenters. The number of hydrogen-bond donors (Lipinski definition) is 1. The normalized spacial score (nSPS) is 11.1. The molecule has 6 nitrogen and oxygen atoms in total. The van der Waals surface area contributed by atoms with E-state index in [-0.39, 0.29) is 18.9 Å². The minimum atomic E-state index is -3.53. The molecule has 0 saturated heterocycles. The summed E-state index contributed by atoms with van der Waals surface area (Å²) in [6.45, 7) is 0.476. The minimum absolute atomic E-state index is 0.154. The van der Waals surface area contributed by atoms with Gasteiger partial charge in [0.1, 0.15) is 5.75 Å². The number of carbonyl (C=O) groups is 1. The van der Waals surface area contributed by atoms with Gasteiger partial charge in [-0.05, 0) is 36.2 Å². The lowest BCUT2D eigenvalue weighted by Gasteiger charge is -2.23. The van der Waals surface area contributed by atoms with Crippen molar-refractivity contribution in [2.24, 2.45) is 0 Å². The summed E-state index contributed by atoms with van der Waals surface area (Å²) in [7, 11) is -2.05. The van der Waals surface area contributed by atoms with Crippen LogP contribution in [0.25, 0.3) is 0 Å². The zero-order chi connectivity index (χ0) is 20.7. The smallest absolute Gasteiger partial charge is 0.232 e. The zero-order valence-corrected chi connectivity index (χ0v) is 17.9. The van der Waals surface area contributed by atoms with E-state index >= 15 is 0 Å². The molecule has 0 spiro atoms. The van der Waals surface area contributed by atoms with Gasteiger partial charge >= 0.3 is 0 Å². The molecule has 9 heteroatoms. The van der Waals surface area contributed by atoms with Crippen LogP contribution < -0.4 is 14.4 Å². The van der Waals surface area contributed by atoms with Gasteiger partial charge in [0.15, 0.2) is 0 Å². The maximum Gasteiger partial charge on any atom is 0.232 e. The van der Waals surface area contributed by atoms with E-state index in [1.54, 1.807) is 18.2 Å². The lowest BCUT2D eigenvalue weighted by atomic mass is 10.2. The van der Waals surface area contributed by atoms with Gasteiger partial charge in [-0.1, -0.05) is 41.4 Å². The van der Waals surface area contributed by atoms with Crippen molar-refractivity contribution in [2.45, 2.75) is 19.4 Å². The van der Waals surface area contributed by atoms with Crippen LogP contribution in [0.5, 0.6) is 5.75 Å². The Bertz CT molecular complexity index is 935. The fourth-order valence-electron chi connectivity index (χ4n) is 2.60. The van der Waals surface area contributed by atoms with E-state index in [1.165, 1.54) is 17.5 Å². The second-order valence-electron chi connectivity index (χ2n) is 6.13. The van der Waals surface area contributed by atoms with Gasteiger partial charge in [0.2, 0.25) is 15.9 Å². The molecule has 152 valence electrons. The fraction of sp³-hybridized carbons (Fsp3) is 0.316. The maximum absolute atomic E-state index is 12.2. The van der Waals surface area contributed by atoms with Gasteiger partial charge in [-0.2, -0.15) is 0 Å². The first kappa shape index (κ1) is 22.3. The molecule has 2 rings (SSSR count). The third-order valence-electron chi connectivity index (χ3n) is 4.02. The van der Waals surface area contributed by atoms with Gasteiger partial charge in [-0.25, -0.2) is 8.42 Å². The average molecular weight is 445 g/mol. The number of nitrogens with zero attached hydrogens (tertiary/aromatic N) is 1. The SMILES string of the molecule is COc1ccc(N(CCCC(=O)NCc2ccccc2Cl)S(C)(=O)=O)cc1Cl. The largest absolute Gasteiger partial charge is 0.495 e. The van der Waals surface area contributed by atoms with E-state index in [9.17, 15) is 13.2 Å². The van der Waals surface area contributed by atoms with Crippen molar-refractivity contribution in [3.8, 4) is 5.75 Å². The predicted octanol–water partition coefficient (Wildman–Crippen LogP) is 3.86. The summed E-state index contributed by atoms with van der Waals surface area (Å²) in [6, 6.07) is 12.0. The zero-order valence-electron chi connectivity index (χ0n) is 15.6. The monoisotopic (exact) mass is 444 g/mol. The molecule has 0 radical (unpaired) electrons. The minimum Gasteiger partial charge on any atom is -0.495 e. The summed E-state index contributed by atoms with van der Waals surface area (Å²) in [5, 5.41) is 3.68. The molecule has 0 aliphatic carbocycles. The van der Waals surface area contributed by atoms with Crippen LogP contribution in [0.3, 0.4) is 0 Å². The van der Waals surface area contributed by atoms with Crippen LogP contribution in [-0.4, -0.2) is 34.2 Å². The molecule has 0 aromatic heterocycles. The maximum atomic E-state index is 12.2. The van der Waals surface area contributed by atoms with Crippen LogP contribution in [0.4, 0.5) is 5.69 Å². The summed E-state index contributed by atoms with van der Waals surface area (Å²) in [6.07, 6.45) is 1.65. The van der Waals surface area contributed by atoms with Crippen molar-refractivity contribution < 1.29 is 17.9 Å². The standard InChI is InChI=1S/C19H22Cl2N2O4S/c1-27-18-10-9-15(12-17(18)21)23(28(2,25)26)11-5-8-19(24)22-13-14-6-3-4-7-16(14)20/h3-4,6-7,9-10,12H,5,8,11,13H2,1-2H3,(H,22,24). The van der Waals surface area contributed by atoms with Crippen LogP contribution >= 0.6 is 23.2 Å². The van der Waals surface area contributed by atoms with Crippen molar-refractivity contribution in [3.05, 3.63) is 58.1 Å². The number of rotatable bonds is 9. The molecular weight excluding hydrogens is 423 g/mol. The first-order valence-electron chi connectivity index (χ1n) is 8.53. The Morgan fingerprint density at radius 1 is 1.14 bits per heavy atom. The fourth-order valence-corrected chi connectivity index (χ4v) is 4.02. The molecule has 0 atom stereocenters. The number of benzene rings is 2. The molecule has 0 bridgehead atoms. The number of methoxy groups -OCH3 is 1. The number of ether oxygens (including phenoxy) is 1. The molecular formula is C19H22Cl2N2O4S. The van der Waals surface area contributed by atoms with Crippen LogP contribution in [0.15, 0.2) is 42.5 Å². The predicted molar refractivity (Wildman–Crippen MR) is 113 cm³/mol. The third kappa shape index (κ3) is 6.29.